The Bertz CT molecular complexity index is 1300. The zero-order valence-corrected chi connectivity index (χ0v) is 21.3. The number of carbonyl (C=O) groups is 5. The van der Waals surface area contributed by atoms with Crippen molar-refractivity contribution in [2.75, 3.05) is 6.54 Å². The zero-order valence-electron chi connectivity index (χ0n) is 21.3. The van der Waals surface area contributed by atoms with Gasteiger partial charge in [0, 0.05) is 12.1 Å². The first-order valence-corrected chi connectivity index (χ1v) is 12.3. The van der Waals surface area contributed by atoms with Gasteiger partial charge in [-0.1, -0.05) is 80.6 Å². The number of benzene rings is 3. The Hall–Kier alpha value is -4.53. The van der Waals surface area contributed by atoms with Gasteiger partial charge in [0.15, 0.2) is 0 Å². The van der Waals surface area contributed by atoms with Crippen molar-refractivity contribution < 1.29 is 29.1 Å². The van der Waals surface area contributed by atoms with Gasteiger partial charge in [0.05, 0.1) is 19.0 Å². The maximum Gasteiger partial charge on any atom is 0.305 e. The van der Waals surface area contributed by atoms with E-state index in [0.29, 0.717) is 11.8 Å². The fourth-order valence-electron chi connectivity index (χ4n) is 4.12. The van der Waals surface area contributed by atoms with Crippen LogP contribution in [0.4, 0.5) is 0 Å². The van der Waals surface area contributed by atoms with E-state index in [0.717, 1.165) is 16.3 Å². The Morgan fingerprint density at radius 2 is 1.55 bits per heavy atom. The van der Waals surface area contributed by atoms with Gasteiger partial charge in [-0.2, -0.15) is 0 Å². The van der Waals surface area contributed by atoms with E-state index in [1.54, 1.807) is 50.2 Å². The second-order valence-corrected chi connectivity index (χ2v) is 9.31. The highest BCUT2D eigenvalue weighted by atomic mass is 16.4. The van der Waals surface area contributed by atoms with Crippen molar-refractivity contribution in [2.24, 2.45) is 5.92 Å². The average molecular weight is 518 g/mol. The number of aldehydes is 1. The highest BCUT2D eigenvalue weighted by molar-refractivity contribution is 6.08. The van der Waals surface area contributed by atoms with Gasteiger partial charge < -0.3 is 25.4 Å². The lowest BCUT2D eigenvalue weighted by Crippen LogP contribution is -2.53. The summed E-state index contributed by atoms with van der Waals surface area (Å²) in [5, 5.41) is 15.8. The van der Waals surface area contributed by atoms with Gasteiger partial charge in [-0.15, -0.1) is 0 Å². The largest absolute Gasteiger partial charge is 0.481 e. The monoisotopic (exact) mass is 517 g/mol. The molecule has 0 bridgehead atoms. The van der Waals surface area contributed by atoms with E-state index in [2.05, 4.69) is 10.6 Å². The third kappa shape index (κ3) is 7.49. The van der Waals surface area contributed by atoms with Crippen LogP contribution < -0.4 is 10.6 Å². The second kappa shape index (κ2) is 13.1. The smallest absolute Gasteiger partial charge is 0.305 e. The van der Waals surface area contributed by atoms with Crippen LogP contribution in [0, 0.1) is 5.92 Å². The van der Waals surface area contributed by atoms with E-state index in [-0.39, 0.29) is 12.5 Å². The van der Waals surface area contributed by atoms with E-state index in [9.17, 15) is 24.0 Å². The molecule has 9 nitrogen and oxygen atoms in total. The SMILES string of the molecule is CC(C)[C@H](NC(=O)c1cccc2ccccc12)C(=O)N(CC(=O)N[C@H](C=O)CC(=O)O)Cc1ccccc1. The van der Waals surface area contributed by atoms with Crippen molar-refractivity contribution in [1.82, 2.24) is 15.5 Å². The Balaban J connectivity index is 1.85. The molecule has 3 aromatic carbocycles. The molecule has 0 aromatic heterocycles. The number of nitrogens with one attached hydrogen (secondary N) is 2. The minimum atomic E-state index is -1.24. The third-order valence-electron chi connectivity index (χ3n) is 6.02. The summed E-state index contributed by atoms with van der Waals surface area (Å²) in [4.78, 5) is 63.3. The van der Waals surface area contributed by atoms with Crippen LogP contribution in [-0.4, -0.2) is 58.6 Å². The van der Waals surface area contributed by atoms with E-state index < -0.39 is 48.7 Å². The molecule has 0 spiro atoms. The number of fused-ring (bicyclic) bond motifs is 1. The normalized spacial score (nSPS) is 12.4. The van der Waals surface area contributed by atoms with Gasteiger partial charge in [-0.3, -0.25) is 19.2 Å². The molecular weight excluding hydrogens is 486 g/mol. The molecule has 2 atom stereocenters. The quantitative estimate of drug-likeness (QED) is 0.317. The van der Waals surface area contributed by atoms with Crippen LogP contribution in [-0.2, 0) is 25.7 Å². The molecule has 0 unspecified atom stereocenters. The van der Waals surface area contributed by atoms with E-state index >= 15 is 0 Å². The van der Waals surface area contributed by atoms with Crippen molar-refractivity contribution in [3.8, 4) is 0 Å². The van der Waals surface area contributed by atoms with Crippen LogP contribution in [0.1, 0.15) is 36.2 Å². The van der Waals surface area contributed by atoms with Crippen LogP contribution in [0.2, 0.25) is 0 Å². The fraction of sp³-hybridized carbons (Fsp3) is 0.276. The molecule has 3 aromatic rings. The van der Waals surface area contributed by atoms with Gasteiger partial charge in [-0.25, -0.2) is 0 Å². The van der Waals surface area contributed by atoms with Gasteiger partial charge in [0.2, 0.25) is 11.8 Å². The molecule has 0 aliphatic rings. The molecule has 0 heterocycles. The summed E-state index contributed by atoms with van der Waals surface area (Å²) in [7, 11) is 0. The van der Waals surface area contributed by atoms with Crippen LogP contribution in [0.3, 0.4) is 0 Å². The molecule has 3 rings (SSSR count). The number of carbonyl (C=O) groups excluding carboxylic acids is 4. The lowest BCUT2D eigenvalue weighted by Gasteiger charge is -2.30. The predicted octanol–water partition coefficient (Wildman–Crippen LogP) is 2.78. The Morgan fingerprint density at radius 3 is 2.21 bits per heavy atom. The Labute approximate surface area is 220 Å². The minimum Gasteiger partial charge on any atom is -0.481 e. The summed E-state index contributed by atoms with van der Waals surface area (Å²) >= 11 is 0. The number of carboxylic acid groups (broad SMARTS) is 1. The van der Waals surface area contributed by atoms with Gasteiger partial charge >= 0.3 is 5.97 Å². The van der Waals surface area contributed by atoms with Crippen LogP contribution >= 0.6 is 0 Å². The molecule has 3 N–H and O–H groups in total. The van der Waals surface area contributed by atoms with Crippen molar-refractivity contribution >= 4 is 40.7 Å². The zero-order chi connectivity index (χ0) is 27.7. The van der Waals surface area contributed by atoms with Crippen molar-refractivity contribution in [2.45, 2.75) is 38.9 Å². The van der Waals surface area contributed by atoms with Gasteiger partial charge in [-0.05, 0) is 28.3 Å². The number of hydrogen-bond acceptors (Lipinski definition) is 5. The number of aliphatic carboxylic acids is 1. The fourth-order valence-corrected chi connectivity index (χ4v) is 4.12. The highest BCUT2D eigenvalue weighted by Gasteiger charge is 2.31. The van der Waals surface area contributed by atoms with E-state index in [4.69, 9.17) is 5.11 Å². The molecule has 0 aliphatic heterocycles. The molecule has 9 heteroatoms. The van der Waals surface area contributed by atoms with E-state index in [1.165, 1.54) is 4.90 Å². The van der Waals surface area contributed by atoms with Crippen LogP contribution in [0.15, 0.2) is 72.8 Å². The lowest BCUT2D eigenvalue weighted by molar-refractivity contribution is -0.141. The minimum absolute atomic E-state index is 0.0745. The Kier molecular flexibility index (Phi) is 9.70. The number of nitrogens with zero attached hydrogens (tertiary/aromatic N) is 1. The Morgan fingerprint density at radius 1 is 0.895 bits per heavy atom. The van der Waals surface area contributed by atoms with Crippen molar-refractivity contribution in [1.29, 1.82) is 0 Å². The standard InChI is InChI=1S/C29H31N3O6/c1-19(2)27(31-28(37)24-14-8-12-21-11-6-7-13-23(21)24)29(38)32(16-20-9-4-3-5-10-20)17-25(34)30-22(18-33)15-26(35)36/h3-14,18-19,22,27H,15-17H2,1-2H3,(H,30,34)(H,31,37)(H,35,36)/t22-,27-/m0/s1. The maximum absolute atomic E-state index is 13.8. The highest BCUT2D eigenvalue weighted by Crippen LogP contribution is 2.19. The lowest BCUT2D eigenvalue weighted by atomic mass is 10.00. The van der Waals surface area contributed by atoms with Crippen LogP contribution in [0.25, 0.3) is 10.8 Å². The number of carboxylic acids is 1. The molecule has 38 heavy (non-hydrogen) atoms. The number of hydrogen-bond donors (Lipinski definition) is 3. The third-order valence-corrected chi connectivity index (χ3v) is 6.02. The molecule has 0 radical (unpaired) electrons. The molecule has 198 valence electrons. The first kappa shape index (κ1) is 28.0. The molecule has 3 amide bonds. The maximum atomic E-state index is 13.8. The summed E-state index contributed by atoms with van der Waals surface area (Å²) in [6.07, 6.45) is -0.228. The molecule has 0 fully saturated rings. The van der Waals surface area contributed by atoms with E-state index in [1.807, 2.05) is 36.4 Å². The van der Waals surface area contributed by atoms with Crippen LogP contribution in [0.5, 0.6) is 0 Å². The summed E-state index contributed by atoms with van der Waals surface area (Å²) in [6.45, 7) is 3.24. The first-order valence-electron chi connectivity index (χ1n) is 12.3. The summed E-state index contributed by atoms with van der Waals surface area (Å²) in [6, 6.07) is 19.7. The summed E-state index contributed by atoms with van der Waals surface area (Å²) in [5.41, 5.74) is 1.19. The summed E-state index contributed by atoms with van der Waals surface area (Å²) < 4.78 is 0. The molecule has 0 aliphatic carbocycles. The first-order chi connectivity index (χ1) is 18.2. The molecule has 0 saturated heterocycles. The molecular formula is C29H31N3O6. The van der Waals surface area contributed by atoms with Crippen molar-refractivity contribution in [3.63, 3.8) is 0 Å². The number of amides is 3. The predicted molar refractivity (Wildman–Crippen MR) is 142 cm³/mol. The number of rotatable bonds is 12. The molecule has 0 saturated carbocycles. The topological polar surface area (TPSA) is 133 Å². The summed E-state index contributed by atoms with van der Waals surface area (Å²) in [5.74, 6) is -3.13. The van der Waals surface area contributed by atoms with Gasteiger partial charge in [0.1, 0.15) is 12.3 Å². The second-order valence-electron chi connectivity index (χ2n) is 9.31. The average Bonchev–Trinajstić information content (AvgIpc) is 2.90. The van der Waals surface area contributed by atoms with Gasteiger partial charge in [0.25, 0.3) is 5.91 Å². The van der Waals surface area contributed by atoms with Crippen molar-refractivity contribution in [3.05, 3.63) is 83.9 Å².